The van der Waals surface area contributed by atoms with Crippen molar-refractivity contribution in [2.45, 2.75) is 32.7 Å². The van der Waals surface area contributed by atoms with Crippen LogP contribution in [-0.2, 0) is 4.74 Å². The first-order chi connectivity index (χ1) is 12.7. The van der Waals surface area contributed by atoms with Gasteiger partial charge >= 0.3 is 6.09 Å². The van der Waals surface area contributed by atoms with E-state index in [1.807, 2.05) is 6.92 Å². The van der Waals surface area contributed by atoms with Crippen LogP contribution in [0.2, 0.25) is 0 Å². The summed E-state index contributed by atoms with van der Waals surface area (Å²) in [5, 5.41) is 2.36. The van der Waals surface area contributed by atoms with Gasteiger partial charge in [-0.2, -0.15) is 0 Å². The highest BCUT2D eigenvalue weighted by Crippen LogP contribution is 2.26. The molecule has 27 heavy (non-hydrogen) atoms. The molecule has 1 amide bonds. The first-order valence-corrected chi connectivity index (χ1v) is 8.60. The van der Waals surface area contributed by atoms with Gasteiger partial charge in [-0.15, -0.1) is 0 Å². The van der Waals surface area contributed by atoms with Crippen LogP contribution in [0.4, 0.5) is 15.1 Å². The fourth-order valence-electron chi connectivity index (χ4n) is 2.73. The fraction of sp³-hybridized carbons (Fsp3) is 0.421. The van der Waals surface area contributed by atoms with Gasteiger partial charge in [-0.3, -0.25) is 5.32 Å². The van der Waals surface area contributed by atoms with Crippen LogP contribution in [0, 0.1) is 11.7 Å². The van der Waals surface area contributed by atoms with Gasteiger partial charge in [0, 0.05) is 17.3 Å². The Bertz CT molecular complexity index is 796. The van der Waals surface area contributed by atoms with Gasteiger partial charge < -0.3 is 15.2 Å². The third-order valence-electron chi connectivity index (χ3n) is 3.71. The molecule has 0 aliphatic carbocycles. The van der Waals surface area contributed by atoms with Crippen molar-refractivity contribution in [1.82, 2.24) is 9.97 Å². The number of anilines is 1. The Hall–Kier alpha value is -2.74. The lowest BCUT2D eigenvalue weighted by Crippen LogP contribution is -2.43. The van der Waals surface area contributed by atoms with Gasteiger partial charge in [-0.25, -0.2) is 19.2 Å². The summed E-state index contributed by atoms with van der Waals surface area (Å²) in [6.07, 6.45) is 1.54. The van der Waals surface area contributed by atoms with E-state index in [0.717, 1.165) is 6.42 Å². The zero-order chi connectivity index (χ0) is 20.0. The Kier molecular flexibility index (Phi) is 6.68. The molecule has 7 nitrogen and oxygen atoms in total. The molecule has 8 heteroatoms. The number of rotatable bonds is 7. The molecule has 1 atom stereocenters. The zero-order valence-corrected chi connectivity index (χ0v) is 16.0. The standard InChI is InChI=1S/C19H25FN4O3/c1-12(2)10-19(3,21)11-27-16-6-5-13(9-14(16)20)15-7-8-22-17(23-15)24-18(25)26-4/h5-9,12H,10-11,21H2,1-4H3,(H,22,23,24,25). The monoisotopic (exact) mass is 376 g/mol. The molecule has 1 aromatic heterocycles. The van der Waals surface area contributed by atoms with Crippen LogP contribution in [0.5, 0.6) is 5.75 Å². The van der Waals surface area contributed by atoms with Crippen molar-refractivity contribution in [3.8, 4) is 17.0 Å². The summed E-state index contributed by atoms with van der Waals surface area (Å²) in [5.41, 5.74) is 6.62. The van der Waals surface area contributed by atoms with E-state index in [0.29, 0.717) is 17.2 Å². The molecule has 3 N–H and O–H groups in total. The van der Waals surface area contributed by atoms with Gasteiger partial charge in [-0.05, 0) is 43.5 Å². The Balaban J connectivity index is 2.12. The average molecular weight is 376 g/mol. The number of hydrogen-bond acceptors (Lipinski definition) is 6. The second kappa shape index (κ2) is 8.77. The Morgan fingerprint density at radius 3 is 2.74 bits per heavy atom. The van der Waals surface area contributed by atoms with Crippen molar-refractivity contribution in [2.24, 2.45) is 11.7 Å². The minimum absolute atomic E-state index is 0.0627. The van der Waals surface area contributed by atoms with Gasteiger partial charge in [-0.1, -0.05) is 13.8 Å². The lowest BCUT2D eigenvalue weighted by Gasteiger charge is -2.26. The molecular formula is C19H25FN4O3. The first kappa shape index (κ1) is 20.6. The van der Waals surface area contributed by atoms with Crippen LogP contribution in [0.3, 0.4) is 0 Å². The number of ether oxygens (including phenoxy) is 2. The maximum absolute atomic E-state index is 14.4. The van der Waals surface area contributed by atoms with E-state index in [-0.39, 0.29) is 18.3 Å². The molecule has 2 rings (SSSR count). The van der Waals surface area contributed by atoms with E-state index in [9.17, 15) is 9.18 Å². The van der Waals surface area contributed by atoms with E-state index < -0.39 is 17.4 Å². The molecule has 0 fully saturated rings. The molecule has 0 radical (unpaired) electrons. The molecule has 2 aromatic rings. The molecule has 0 aliphatic heterocycles. The number of hydrogen-bond donors (Lipinski definition) is 2. The maximum atomic E-state index is 14.4. The highest BCUT2D eigenvalue weighted by molar-refractivity contribution is 5.82. The molecule has 1 unspecified atom stereocenters. The molecule has 0 saturated carbocycles. The van der Waals surface area contributed by atoms with E-state index in [1.54, 1.807) is 12.1 Å². The molecule has 0 spiro atoms. The third-order valence-corrected chi connectivity index (χ3v) is 3.71. The lowest BCUT2D eigenvalue weighted by atomic mass is 9.93. The third kappa shape index (κ3) is 6.18. The predicted octanol–water partition coefficient (Wildman–Crippen LogP) is 3.60. The first-order valence-electron chi connectivity index (χ1n) is 8.60. The number of halogens is 1. The van der Waals surface area contributed by atoms with Crippen LogP contribution in [0.25, 0.3) is 11.3 Å². The van der Waals surface area contributed by atoms with E-state index >= 15 is 0 Å². The molecule has 0 aliphatic rings. The van der Waals surface area contributed by atoms with Gasteiger partial charge in [0.15, 0.2) is 11.6 Å². The maximum Gasteiger partial charge on any atom is 0.413 e. The van der Waals surface area contributed by atoms with Crippen molar-refractivity contribution in [1.29, 1.82) is 0 Å². The smallest absolute Gasteiger partial charge is 0.413 e. The van der Waals surface area contributed by atoms with Crippen LogP contribution in [-0.4, -0.2) is 35.3 Å². The molecule has 1 aromatic carbocycles. The lowest BCUT2D eigenvalue weighted by molar-refractivity contribution is 0.186. The van der Waals surface area contributed by atoms with Crippen LogP contribution < -0.4 is 15.8 Å². The van der Waals surface area contributed by atoms with Gasteiger partial charge in [0.1, 0.15) is 6.61 Å². The Morgan fingerprint density at radius 2 is 2.11 bits per heavy atom. The summed E-state index contributed by atoms with van der Waals surface area (Å²) in [6, 6.07) is 6.14. The quantitative estimate of drug-likeness (QED) is 0.766. The Labute approximate surface area is 158 Å². The second-order valence-corrected chi connectivity index (χ2v) is 7.07. The van der Waals surface area contributed by atoms with Crippen LogP contribution in [0.15, 0.2) is 30.5 Å². The van der Waals surface area contributed by atoms with Crippen molar-refractivity contribution < 1.29 is 18.7 Å². The molecule has 0 saturated heterocycles. The molecule has 146 valence electrons. The van der Waals surface area contributed by atoms with E-state index in [4.69, 9.17) is 10.5 Å². The number of nitrogens with one attached hydrogen (secondary N) is 1. The number of amides is 1. The highest BCUT2D eigenvalue weighted by atomic mass is 19.1. The number of aromatic nitrogens is 2. The SMILES string of the molecule is COC(=O)Nc1nccc(-c2ccc(OCC(C)(N)CC(C)C)c(F)c2)n1. The predicted molar refractivity (Wildman–Crippen MR) is 101 cm³/mol. The summed E-state index contributed by atoms with van der Waals surface area (Å²) >= 11 is 0. The fourth-order valence-corrected chi connectivity index (χ4v) is 2.73. The normalized spacial score (nSPS) is 13.1. The van der Waals surface area contributed by atoms with Crippen molar-refractivity contribution in [3.05, 3.63) is 36.3 Å². The number of nitrogens with two attached hydrogens (primary N) is 1. The zero-order valence-electron chi connectivity index (χ0n) is 16.0. The van der Waals surface area contributed by atoms with Gasteiger partial charge in [0.05, 0.1) is 12.8 Å². The van der Waals surface area contributed by atoms with Crippen LogP contribution in [0.1, 0.15) is 27.2 Å². The summed E-state index contributed by atoms with van der Waals surface area (Å²) in [7, 11) is 1.24. The van der Waals surface area contributed by atoms with Gasteiger partial charge in [0.25, 0.3) is 0 Å². The highest BCUT2D eigenvalue weighted by Gasteiger charge is 2.22. The topological polar surface area (TPSA) is 99.4 Å². The van der Waals surface area contributed by atoms with Crippen LogP contribution >= 0.6 is 0 Å². The largest absolute Gasteiger partial charge is 0.489 e. The van der Waals surface area contributed by atoms with Crippen molar-refractivity contribution in [3.63, 3.8) is 0 Å². The molecule has 1 heterocycles. The minimum Gasteiger partial charge on any atom is -0.489 e. The summed E-state index contributed by atoms with van der Waals surface area (Å²) < 4.78 is 24.5. The Morgan fingerprint density at radius 1 is 1.37 bits per heavy atom. The molecule has 0 bridgehead atoms. The van der Waals surface area contributed by atoms with E-state index in [2.05, 4.69) is 33.9 Å². The second-order valence-electron chi connectivity index (χ2n) is 7.07. The number of carbonyl (C=O) groups excluding carboxylic acids is 1. The van der Waals surface area contributed by atoms with Crippen molar-refractivity contribution >= 4 is 12.0 Å². The van der Waals surface area contributed by atoms with Gasteiger partial charge in [0.2, 0.25) is 5.95 Å². The van der Waals surface area contributed by atoms with Crippen molar-refractivity contribution in [2.75, 3.05) is 19.0 Å². The van der Waals surface area contributed by atoms with E-state index in [1.165, 1.54) is 25.4 Å². The summed E-state index contributed by atoms with van der Waals surface area (Å²) in [5.74, 6) is 0.0872. The average Bonchev–Trinajstić information content (AvgIpc) is 2.59. The summed E-state index contributed by atoms with van der Waals surface area (Å²) in [4.78, 5) is 19.3. The number of methoxy groups -OCH3 is 1. The molecular weight excluding hydrogens is 351 g/mol. The number of carbonyl (C=O) groups is 1. The summed E-state index contributed by atoms with van der Waals surface area (Å²) in [6.45, 7) is 6.25. The number of nitrogens with zero attached hydrogens (tertiary/aromatic N) is 2. The minimum atomic E-state index is -0.687. The number of benzene rings is 1.